The first-order valence-corrected chi connectivity index (χ1v) is 13.9. The molecule has 0 amide bonds. The van der Waals surface area contributed by atoms with Crippen LogP contribution in [0.4, 0.5) is 4.39 Å². The Morgan fingerprint density at radius 1 is 0.950 bits per heavy atom. The minimum atomic E-state index is -0.275. The highest BCUT2D eigenvalue weighted by Gasteiger charge is 2.30. The van der Waals surface area contributed by atoms with Crippen molar-refractivity contribution in [1.82, 2.24) is 29.0 Å². The summed E-state index contributed by atoms with van der Waals surface area (Å²) in [5, 5.41) is 0. The van der Waals surface area contributed by atoms with Gasteiger partial charge in [0.2, 0.25) is 5.78 Å². The van der Waals surface area contributed by atoms with Gasteiger partial charge in [-0.25, -0.2) is 19.3 Å². The highest BCUT2D eigenvalue weighted by molar-refractivity contribution is 5.98. The van der Waals surface area contributed by atoms with Crippen molar-refractivity contribution in [2.24, 2.45) is 5.92 Å². The number of ether oxygens (including phenoxy) is 1. The van der Waals surface area contributed by atoms with Crippen LogP contribution >= 0.6 is 0 Å². The van der Waals surface area contributed by atoms with Gasteiger partial charge in [-0.1, -0.05) is 24.3 Å². The van der Waals surface area contributed by atoms with E-state index in [9.17, 15) is 9.18 Å². The second-order valence-electron chi connectivity index (χ2n) is 10.3. The molecule has 2 aromatic carbocycles. The van der Waals surface area contributed by atoms with Crippen molar-refractivity contribution in [1.29, 1.82) is 0 Å². The van der Waals surface area contributed by atoms with Gasteiger partial charge in [-0.2, -0.15) is 0 Å². The Morgan fingerprint density at radius 3 is 2.52 bits per heavy atom. The Kier molecular flexibility index (Phi) is 7.66. The second-order valence-corrected chi connectivity index (χ2v) is 10.3. The maximum Gasteiger partial charge on any atom is 0.201 e. The number of rotatable bonds is 10. The molecule has 1 fully saturated rings. The maximum absolute atomic E-state index is 13.8. The van der Waals surface area contributed by atoms with E-state index in [2.05, 4.69) is 14.5 Å². The number of aromatic nitrogens is 5. The summed E-state index contributed by atoms with van der Waals surface area (Å²) in [7, 11) is 0. The average molecular weight is 541 g/mol. The molecule has 0 radical (unpaired) electrons. The van der Waals surface area contributed by atoms with E-state index >= 15 is 0 Å². The Balaban J connectivity index is 1.17. The molecular weight excluding hydrogens is 507 g/mol. The van der Waals surface area contributed by atoms with E-state index in [-0.39, 0.29) is 17.5 Å². The summed E-state index contributed by atoms with van der Waals surface area (Å²) in [5.41, 5.74) is 4.40. The SMILES string of the molecule is CCOCCn1c(CN2CCC(C(=O)c3nc4ccccc4n3Cc3ccc(F)cc3)CC2)nc2cccnc21. The summed E-state index contributed by atoms with van der Waals surface area (Å²) >= 11 is 0. The molecular formula is C31H33FN6O2. The third-order valence-corrected chi connectivity index (χ3v) is 7.70. The molecule has 0 atom stereocenters. The van der Waals surface area contributed by atoms with Crippen molar-refractivity contribution in [2.45, 2.75) is 39.4 Å². The molecule has 0 N–H and O–H groups in total. The summed E-state index contributed by atoms with van der Waals surface area (Å²) < 4.78 is 23.2. The van der Waals surface area contributed by atoms with Crippen LogP contribution < -0.4 is 0 Å². The minimum Gasteiger partial charge on any atom is -0.380 e. The van der Waals surface area contributed by atoms with Crippen LogP contribution in [0.1, 0.15) is 41.8 Å². The van der Waals surface area contributed by atoms with Gasteiger partial charge in [0.15, 0.2) is 11.5 Å². The molecule has 6 rings (SSSR count). The first-order valence-electron chi connectivity index (χ1n) is 13.9. The Bertz CT molecular complexity index is 1620. The van der Waals surface area contributed by atoms with E-state index in [4.69, 9.17) is 14.7 Å². The Hall–Kier alpha value is -3.95. The lowest BCUT2D eigenvalue weighted by atomic mass is 9.92. The van der Waals surface area contributed by atoms with Gasteiger partial charge in [0.1, 0.15) is 17.2 Å². The molecule has 1 saturated heterocycles. The number of halogens is 1. The number of piperidine rings is 1. The van der Waals surface area contributed by atoms with Gasteiger partial charge in [0, 0.05) is 31.8 Å². The molecule has 1 aliphatic rings. The Morgan fingerprint density at radius 2 is 1.73 bits per heavy atom. The van der Waals surface area contributed by atoms with E-state index in [0.29, 0.717) is 38.7 Å². The van der Waals surface area contributed by atoms with Crippen LogP contribution in [0.5, 0.6) is 0 Å². The van der Waals surface area contributed by atoms with Gasteiger partial charge < -0.3 is 13.9 Å². The molecule has 206 valence electrons. The van der Waals surface area contributed by atoms with E-state index in [0.717, 1.165) is 59.5 Å². The number of likely N-dealkylation sites (tertiary alicyclic amines) is 1. The lowest BCUT2D eigenvalue weighted by molar-refractivity contribution is 0.0816. The smallest absolute Gasteiger partial charge is 0.201 e. The van der Waals surface area contributed by atoms with Gasteiger partial charge in [0.25, 0.3) is 0 Å². The molecule has 0 saturated carbocycles. The molecule has 3 aromatic heterocycles. The fourth-order valence-corrected chi connectivity index (χ4v) is 5.59. The van der Waals surface area contributed by atoms with Crippen molar-refractivity contribution in [3.63, 3.8) is 0 Å². The van der Waals surface area contributed by atoms with Crippen molar-refractivity contribution < 1.29 is 13.9 Å². The topological polar surface area (TPSA) is 78.1 Å². The van der Waals surface area contributed by atoms with E-state index in [1.165, 1.54) is 12.1 Å². The molecule has 0 spiro atoms. The quantitative estimate of drug-likeness (QED) is 0.181. The van der Waals surface area contributed by atoms with E-state index in [1.807, 2.05) is 47.9 Å². The molecule has 0 unspecified atom stereocenters. The predicted octanol–water partition coefficient (Wildman–Crippen LogP) is 5.10. The first kappa shape index (κ1) is 26.3. The van der Waals surface area contributed by atoms with E-state index in [1.54, 1.807) is 18.3 Å². The van der Waals surface area contributed by atoms with Gasteiger partial charge in [-0.15, -0.1) is 0 Å². The van der Waals surface area contributed by atoms with E-state index < -0.39 is 0 Å². The van der Waals surface area contributed by atoms with Crippen LogP contribution in [0.15, 0.2) is 66.9 Å². The minimum absolute atomic E-state index is 0.0751. The summed E-state index contributed by atoms with van der Waals surface area (Å²) in [5.74, 6) is 1.15. The average Bonchev–Trinajstić information content (AvgIpc) is 3.52. The van der Waals surface area contributed by atoms with Crippen LogP contribution in [0.3, 0.4) is 0 Å². The second kappa shape index (κ2) is 11.7. The predicted molar refractivity (Wildman–Crippen MR) is 152 cm³/mol. The number of Topliss-reactive ketones (excluding diaryl/α,β-unsaturated/α-hetero) is 1. The normalized spacial score (nSPS) is 14.8. The summed E-state index contributed by atoms with van der Waals surface area (Å²) in [6.45, 7) is 6.76. The molecule has 8 nitrogen and oxygen atoms in total. The summed E-state index contributed by atoms with van der Waals surface area (Å²) in [4.78, 5) is 30.4. The summed E-state index contributed by atoms with van der Waals surface area (Å²) in [6, 6.07) is 18.1. The van der Waals surface area contributed by atoms with Crippen LogP contribution in [0, 0.1) is 11.7 Å². The van der Waals surface area contributed by atoms with Crippen LogP contribution in [-0.4, -0.2) is 61.1 Å². The van der Waals surface area contributed by atoms with Crippen molar-refractivity contribution >= 4 is 28.0 Å². The lowest BCUT2D eigenvalue weighted by Crippen LogP contribution is -2.37. The van der Waals surface area contributed by atoms with Crippen molar-refractivity contribution in [3.8, 4) is 0 Å². The zero-order chi connectivity index (χ0) is 27.5. The number of carbonyl (C=O) groups excluding carboxylic acids is 1. The standard InChI is InChI=1S/C31H33FN6O2/c1-2-40-19-18-37-28(34-26-7-5-15-33-30(26)37)21-36-16-13-23(14-17-36)29(39)31-35-25-6-3-4-8-27(25)38(31)20-22-9-11-24(32)12-10-22/h3-12,15,23H,2,13-14,16-21H2,1H3. The number of carbonyl (C=O) groups is 1. The fourth-order valence-electron chi connectivity index (χ4n) is 5.59. The zero-order valence-corrected chi connectivity index (χ0v) is 22.7. The molecule has 4 heterocycles. The van der Waals surface area contributed by atoms with Gasteiger partial charge in [-0.3, -0.25) is 9.69 Å². The monoisotopic (exact) mass is 540 g/mol. The molecule has 5 aromatic rings. The number of imidazole rings is 2. The molecule has 40 heavy (non-hydrogen) atoms. The van der Waals surface area contributed by atoms with Gasteiger partial charge >= 0.3 is 0 Å². The molecule has 0 bridgehead atoms. The number of benzene rings is 2. The van der Waals surface area contributed by atoms with Crippen LogP contribution in [-0.2, 0) is 24.4 Å². The highest BCUT2D eigenvalue weighted by atomic mass is 19.1. The zero-order valence-electron chi connectivity index (χ0n) is 22.7. The third kappa shape index (κ3) is 5.39. The van der Waals surface area contributed by atoms with Crippen molar-refractivity contribution in [2.75, 3.05) is 26.3 Å². The van der Waals surface area contributed by atoms with Crippen LogP contribution in [0.2, 0.25) is 0 Å². The number of fused-ring (bicyclic) bond motifs is 2. The maximum atomic E-state index is 13.8. The Labute approximate surface area is 232 Å². The number of hydrogen-bond acceptors (Lipinski definition) is 6. The molecule has 9 heteroatoms. The van der Waals surface area contributed by atoms with Crippen molar-refractivity contribution in [3.05, 3.63) is 89.9 Å². The highest BCUT2D eigenvalue weighted by Crippen LogP contribution is 2.26. The number of hydrogen-bond donors (Lipinski definition) is 0. The molecule has 1 aliphatic heterocycles. The van der Waals surface area contributed by atoms with Crippen LogP contribution in [0.25, 0.3) is 22.2 Å². The third-order valence-electron chi connectivity index (χ3n) is 7.70. The van der Waals surface area contributed by atoms with Gasteiger partial charge in [0.05, 0.1) is 24.2 Å². The number of ketones is 1. The first-order chi connectivity index (χ1) is 19.6. The number of para-hydroxylation sites is 2. The molecule has 0 aliphatic carbocycles. The number of pyridine rings is 1. The summed E-state index contributed by atoms with van der Waals surface area (Å²) in [6.07, 6.45) is 3.32. The largest absolute Gasteiger partial charge is 0.380 e. The lowest BCUT2D eigenvalue weighted by Gasteiger charge is -2.31. The number of nitrogens with zero attached hydrogens (tertiary/aromatic N) is 6. The van der Waals surface area contributed by atoms with Gasteiger partial charge in [-0.05, 0) is 74.8 Å². The fraction of sp³-hybridized carbons (Fsp3) is 0.355.